The van der Waals surface area contributed by atoms with E-state index < -0.39 is 0 Å². The summed E-state index contributed by atoms with van der Waals surface area (Å²) in [4.78, 5) is 6.98. The molecule has 0 radical (unpaired) electrons. The predicted molar refractivity (Wildman–Crippen MR) is 80.4 cm³/mol. The topological polar surface area (TPSA) is 16.1 Å². The SMILES string of the molecule is CC1CCN(Cc2cc3ccccc3nc2Cl)CC1. The van der Waals surface area contributed by atoms with Gasteiger partial charge in [-0.15, -0.1) is 0 Å². The minimum Gasteiger partial charge on any atom is -0.299 e. The summed E-state index contributed by atoms with van der Waals surface area (Å²) in [6, 6.07) is 10.3. The molecule has 3 rings (SSSR count). The van der Waals surface area contributed by atoms with E-state index in [1.165, 1.54) is 31.3 Å². The van der Waals surface area contributed by atoms with Gasteiger partial charge in [-0.2, -0.15) is 0 Å². The lowest BCUT2D eigenvalue weighted by Crippen LogP contribution is -2.32. The first kappa shape index (κ1) is 12.9. The van der Waals surface area contributed by atoms with E-state index in [-0.39, 0.29) is 0 Å². The van der Waals surface area contributed by atoms with Crippen molar-refractivity contribution in [2.45, 2.75) is 26.3 Å². The van der Waals surface area contributed by atoms with Crippen molar-refractivity contribution < 1.29 is 0 Å². The molecule has 0 unspecified atom stereocenters. The summed E-state index contributed by atoms with van der Waals surface area (Å²) in [5.41, 5.74) is 2.12. The second-order valence-electron chi connectivity index (χ2n) is 5.59. The second-order valence-corrected chi connectivity index (χ2v) is 5.95. The molecule has 3 heteroatoms. The van der Waals surface area contributed by atoms with Crippen LogP contribution in [0, 0.1) is 5.92 Å². The minimum absolute atomic E-state index is 0.650. The largest absolute Gasteiger partial charge is 0.299 e. The maximum Gasteiger partial charge on any atom is 0.134 e. The Bertz CT molecular complexity index is 574. The Morgan fingerprint density at radius 2 is 2.00 bits per heavy atom. The fraction of sp³-hybridized carbons (Fsp3) is 0.438. The molecule has 2 heterocycles. The molecule has 1 saturated heterocycles. The van der Waals surface area contributed by atoms with Crippen LogP contribution < -0.4 is 0 Å². The van der Waals surface area contributed by atoms with Crippen LogP contribution in [-0.2, 0) is 6.54 Å². The fourth-order valence-corrected chi connectivity index (χ4v) is 2.91. The summed E-state index contributed by atoms with van der Waals surface area (Å²) in [7, 11) is 0. The lowest BCUT2D eigenvalue weighted by molar-refractivity contribution is 0.185. The van der Waals surface area contributed by atoms with Gasteiger partial charge in [0.2, 0.25) is 0 Å². The quantitative estimate of drug-likeness (QED) is 0.766. The van der Waals surface area contributed by atoms with Crippen LogP contribution >= 0.6 is 11.6 Å². The Hall–Kier alpha value is -1.12. The van der Waals surface area contributed by atoms with Crippen molar-refractivity contribution in [3.05, 3.63) is 41.0 Å². The normalized spacial score (nSPS) is 18.0. The highest BCUT2D eigenvalue weighted by Gasteiger charge is 2.17. The Morgan fingerprint density at radius 1 is 1.26 bits per heavy atom. The monoisotopic (exact) mass is 274 g/mol. The minimum atomic E-state index is 0.650. The van der Waals surface area contributed by atoms with Crippen LogP contribution in [0.2, 0.25) is 5.15 Å². The number of likely N-dealkylation sites (tertiary alicyclic amines) is 1. The van der Waals surface area contributed by atoms with Crippen LogP contribution in [0.4, 0.5) is 0 Å². The molecule has 100 valence electrons. The van der Waals surface area contributed by atoms with Gasteiger partial charge in [-0.05, 0) is 44.0 Å². The number of hydrogen-bond acceptors (Lipinski definition) is 2. The van der Waals surface area contributed by atoms with Gasteiger partial charge in [0.05, 0.1) is 5.52 Å². The van der Waals surface area contributed by atoms with Gasteiger partial charge in [-0.1, -0.05) is 36.7 Å². The second kappa shape index (κ2) is 5.48. The smallest absolute Gasteiger partial charge is 0.134 e. The highest BCUT2D eigenvalue weighted by Crippen LogP contribution is 2.24. The maximum atomic E-state index is 6.31. The summed E-state index contributed by atoms with van der Waals surface area (Å²) in [6.45, 7) is 5.60. The molecule has 0 aliphatic carbocycles. The number of nitrogens with zero attached hydrogens (tertiary/aromatic N) is 2. The number of para-hydroxylation sites is 1. The van der Waals surface area contributed by atoms with E-state index in [0.717, 1.165) is 23.5 Å². The highest BCUT2D eigenvalue weighted by atomic mass is 35.5. The molecule has 0 amide bonds. The molecular formula is C16H19ClN2. The number of aromatic nitrogens is 1. The molecule has 0 atom stereocenters. The molecule has 1 aromatic carbocycles. The van der Waals surface area contributed by atoms with Crippen molar-refractivity contribution in [3.8, 4) is 0 Å². The summed E-state index contributed by atoms with van der Waals surface area (Å²) < 4.78 is 0. The molecule has 19 heavy (non-hydrogen) atoms. The van der Waals surface area contributed by atoms with Crippen LogP contribution in [-0.4, -0.2) is 23.0 Å². The molecule has 1 aliphatic heterocycles. The zero-order valence-corrected chi connectivity index (χ0v) is 12.0. The summed E-state index contributed by atoms with van der Waals surface area (Å²) >= 11 is 6.31. The molecule has 0 N–H and O–H groups in total. The molecule has 1 aliphatic rings. The lowest BCUT2D eigenvalue weighted by Gasteiger charge is -2.30. The number of benzene rings is 1. The van der Waals surface area contributed by atoms with E-state index in [9.17, 15) is 0 Å². The summed E-state index contributed by atoms with van der Waals surface area (Å²) in [5, 5.41) is 1.82. The van der Waals surface area contributed by atoms with E-state index in [2.05, 4.69) is 28.9 Å². The number of piperidine rings is 1. The molecule has 2 aromatic rings. The van der Waals surface area contributed by atoms with Crippen molar-refractivity contribution >= 4 is 22.5 Å². The van der Waals surface area contributed by atoms with Gasteiger partial charge in [0, 0.05) is 17.5 Å². The van der Waals surface area contributed by atoms with Crippen LogP contribution in [0.3, 0.4) is 0 Å². The number of fused-ring (bicyclic) bond motifs is 1. The number of rotatable bonds is 2. The van der Waals surface area contributed by atoms with E-state index in [0.29, 0.717) is 5.15 Å². The average Bonchev–Trinajstić information content (AvgIpc) is 2.42. The zero-order chi connectivity index (χ0) is 13.2. The van der Waals surface area contributed by atoms with Gasteiger partial charge < -0.3 is 0 Å². The number of hydrogen-bond donors (Lipinski definition) is 0. The Kier molecular flexibility index (Phi) is 3.72. The Balaban J connectivity index is 1.82. The molecular weight excluding hydrogens is 256 g/mol. The molecule has 1 fully saturated rings. The van der Waals surface area contributed by atoms with Gasteiger partial charge in [0.1, 0.15) is 5.15 Å². The first-order valence-electron chi connectivity index (χ1n) is 6.99. The van der Waals surface area contributed by atoms with Crippen molar-refractivity contribution in [3.63, 3.8) is 0 Å². The first-order valence-corrected chi connectivity index (χ1v) is 7.36. The summed E-state index contributed by atoms with van der Waals surface area (Å²) in [6.07, 6.45) is 2.58. The van der Waals surface area contributed by atoms with Crippen LogP contribution in [0.5, 0.6) is 0 Å². The molecule has 0 saturated carbocycles. The number of halogens is 1. The maximum absolute atomic E-state index is 6.31. The number of pyridine rings is 1. The standard InChI is InChI=1S/C16H19ClN2/c1-12-6-8-19(9-7-12)11-14-10-13-4-2-3-5-15(13)18-16(14)17/h2-5,10,12H,6-9,11H2,1H3. The molecule has 0 spiro atoms. The Morgan fingerprint density at radius 3 is 2.79 bits per heavy atom. The third-order valence-corrected chi connectivity index (χ3v) is 4.35. The van der Waals surface area contributed by atoms with Crippen molar-refractivity contribution in [2.24, 2.45) is 5.92 Å². The van der Waals surface area contributed by atoms with Gasteiger partial charge in [-0.25, -0.2) is 4.98 Å². The van der Waals surface area contributed by atoms with Crippen LogP contribution in [0.25, 0.3) is 10.9 Å². The highest BCUT2D eigenvalue weighted by molar-refractivity contribution is 6.30. The van der Waals surface area contributed by atoms with Gasteiger partial charge in [0.25, 0.3) is 0 Å². The van der Waals surface area contributed by atoms with E-state index >= 15 is 0 Å². The Labute approximate surface area is 119 Å². The first-order chi connectivity index (χ1) is 9.22. The fourth-order valence-electron chi connectivity index (χ4n) is 2.71. The molecule has 0 bridgehead atoms. The molecule has 2 nitrogen and oxygen atoms in total. The summed E-state index contributed by atoms with van der Waals surface area (Å²) in [5.74, 6) is 0.862. The average molecular weight is 275 g/mol. The van der Waals surface area contributed by atoms with E-state index in [1.54, 1.807) is 0 Å². The third kappa shape index (κ3) is 2.90. The van der Waals surface area contributed by atoms with E-state index in [1.807, 2.05) is 18.2 Å². The van der Waals surface area contributed by atoms with Gasteiger partial charge >= 0.3 is 0 Å². The predicted octanol–water partition coefficient (Wildman–Crippen LogP) is 4.12. The van der Waals surface area contributed by atoms with Crippen LogP contribution in [0.1, 0.15) is 25.3 Å². The van der Waals surface area contributed by atoms with Crippen LogP contribution in [0.15, 0.2) is 30.3 Å². The van der Waals surface area contributed by atoms with Crippen molar-refractivity contribution in [1.82, 2.24) is 9.88 Å². The zero-order valence-electron chi connectivity index (χ0n) is 11.3. The lowest BCUT2D eigenvalue weighted by atomic mass is 9.99. The van der Waals surface area contributed by atoms with Gasteiger partial charge in [0.15, 0.2) is 0 Å². The van der Waals surface area contributed by atoms with Crippen molar-refractivity contribution in [2.75, 3.05) is 13.1 Å². The van der Waals surface area contributed by atoms with Gasteiger partial charge in [-0.3, -0.25) is 4.90 Å². The van der Waals surface area contributed by atoms with Crippen molar-refractivity contribution in [1.29, 1.82) is 0 Å². The molecule has 1 aromatic heterocycles. The third-order valence-electron chi connectivity index (χ3n) is 4.02. The van der Waals surface area contributed by atoms with E-state index in [4.69, 9.17) is 11.6 Å².